The van der Waals surface area contributed by atoms with Gasteiger partial charge in [-0.1, -0.05) is 78.1 Å². The molecule has 0 aromatic carbocycles. The van der Waals surface area contributed by atoms with Crippen molar-refractivity contribution in [3.8, 4) is 0 Å². The highest BCUT2D eigenvalue weighted by Gasteiger charge is 2.19. The molecule has 1 N–H and O–H groups in total. The van der Waals surface area contributed by atoms with E-state index in [4.69, 9.17) is 23.7 Å². The standard InChI is InChI=1S/C36H73N3O6/c1-5-8-10-12-13-17-21-34(20-16-11-9-6-2)45-36(40)44-27-19-15-14-18-22-37-32-35(33-39-25-23-38(4)24-26-39)43-31-30-42-29-28-41-7-3/h34-35,37H,5-33H2,1-4H3. The van der Waals surface area contributed by atoms with Crippen molar-refractivity contribution in [1.29, 1.82) is 0 Å². The van der Waals surface area contributed by atoms with Gasteiger partial charge in [0.2, 0.25) is 0 Å². The quantitative estimate of drug-likeness (QED) is 0.0612. The monoisotopic (exact) mass is 644 g/mol. The average Bonchev–Trinajstić information content (AvgIpc) is 3.04. The maximum Gasteiger partial charge on any atom is 0.508 e. The molecule has 1 fully saturated rings. The SMILES string of the molecule is CCCCCCCCC(CCCCCC)OC(=O)OCCCCCCNCC(CN1CCN(C)CC1)OCCOCCOCC. The molecule has 1 rings (SSSR count). The summed E-state index contributed by atoms with van der Waals surface area (Å²) in [4.78, 5) is 17.3. The molecule has 1 saturated heterocycles. The Morgan fingerprint density at radius 2 is 1.27 bits per heavy atom. The van der Waals surface area contributed by atoms with Gasteiger partial charge < -0.3 is 33.9 Å². The molecule has 2 atom stereocenters. The Kier molecular flexibility index (Phi) is 29.5. The van der Waals surface area contributed by atoms with Crippen LogP contribution in [-0.2, 0) is 23.7 Å². The van der Waals surface area contributed by atoms with Crippen LogP contribution in [-0.4, -0.2) is 121 Å². The van der Waals surface area contributed by atoms with Crippen LogP contribution in [0.3, 0.4) is 0 Å². The van der Waals surface area contributed by atoms with Crippen LogP contribution in [0.1, 0.15) is 124 Å². The fourth-order valence-corrected chi connectivity index (χ4v) is 5.64. The summed E-state index contributed by atoms with van der Waals surface area (Å²) in [7, 11) is 2.19. The highest BCUT2D eigenvalue weighted by Crippen LogP contribution is 2.17. The van der Waals surface area contributed by atoms with Crippen LogP contribution in [0.2, 0.25) is 0 Å². The lowest BCUT2D eigenvalue weighted by atomic mass is 10.0. The van der Waals surface area contributed by atoms with Crippen LogP contribution in [0.15, 0.2) is 0 Å². The highest BCUT2D eigenvalue weighted by molar-refractivity contribution is 5.60. The third kappa shape index (κ3) is 26.8. The Bertz CT molecular complexity index is 636. The predicted molar refractivity (Wildman–Crippen MR) is 185 cm³/mol. The molecule has 45 heavy (non-hydrogen) atoms. The molecule has 0 radical (unpaired) electrons. The van der Waals surface area contributed by atoms with Crippen LogP contribution in [0, 0.1) is 0 Å². The maximum absolute atomic E-state index is 12.4. The minimum absolute atomic E-state index is 0.00332. The van der Waals surface area contributed by atoms with E-state index in [2.05, 4.69) is 36.0 Å². The van der Waals surface area contributed by atoms with Gasteiger partial charge in [0.25, 0.3) is 0 Å². The summed E-state index contributed by atoms with van der Waals surface area (Å²) in [6, 6.07) is 0. The molecule has 2 unspecified atom stereocenters. The van der Waals surface area contributed by atoms with Crippen molar-refractivity contribution in [3.63, 3.8) is 0 Å². The largest absolute Gasteiger partial charge is 0.508 e. The normalized spacial score (nSPS) is 15.7. The highest BCUT2D eigenvalue weighted by atomic mass is 16.7. The van der Waals surface area contributed by atoms with E-state index in [1.54, 1.807) is 0 Å². The Balaban J connectivity index is 2.19. The summed E-state index contributed by atoms with van der Waals surface area (Å²) in [5.74, 6) is 0. The van der Waals surface area contributed by atoms with Crippen LogP contribution in [0.25, 0.3) is 0 Å². The Hall–Kier alpha value is -0.970. The second kappa shape index (κ2) is 31.6. The van der Waals surface area contributed by atoms with Crippen molar-refractivity contribution >= 4 is 6.16 Å². The molecule has 9 heteroatoms. The number of nitrogens with one attached hydrogen (secondary N) is 1. The first kappa shape index (κ1) is 42.1. The molecule has 1 heterocycles. The van der Waals surface area contributed by atoms with E-state index in [-0.39, 0.29) is 12.2 Å². The van der Waals surface area contributed by atoms with Gasteiger partial charge in [0, 0.05) is 45.9 Å². The molecule has 0 amide bonds. The van der Waals surface area contributed by atoms with Gasteiger partial charge in [-0.25, -0.2) is 4.79 Å². The van der Waals surface area contributed by atoms with Crippen molar-refractivity contribution in [2.45, 2.75) is 136 Å². The number of unbranched alkanes of at least 4 members (excludes halogenated alkanes) is 11. The second-order valence-corrected chi connectivity index (χ2v) is 12.8. The lowest BCUT2D eigenvalue weighted by Gasteiger charge is -2.34. The number of hydrogen-bond acceptors (Lipinski definition) is 9. The summed E-state index contributed by atoms with van der Waals surface area (Å²) in [5.41, 5.74) is 0. The third-order valence-electron chi connectivity index (χ3n) is 8.58. The molecule has 0 aromatic rings. The van der Waals surface area contributed by atoms with Crippen molar-refractivity contribution in [3.05, 3.63) is 0 Å². The smallest absolute Gasteiger partial charge is 0.434 e. The van der Waals surface area contributed by atoms with Crippen molar-refractivity contribution in [2.75, 3.05) is 92.5 Å². The molecule has 0 saturated carbocycles. The van der Waals surface area contributed by atoms with E-state index in [9.17, 15) is 4.79 Å². The summed E-state index contributed by atoms with van der Waals surface area (Å²) in [5, 5.41) is 3.61. The minimum atomic E-state index is -0.478. The molecular formula is C36H73N3O6. The van der Waals surface area contributed by atoms with Crippen molar-refractivity contribution < 1.29 is 28.5 Å². The fourth-order valence-electron chi connectivity index (χ4n) is 5.64. The summed E-state index contributed by atoms with van der Waals surface area (Å²) in [6.07, 6.45) is 18.1. The van der Waals surface area contributed by atoms with Gasteiger partial charge in [0.1, 0.15) is 6.10 Å². The zero-order valence-corrected chi connectivity index (χ0v) is 30.0. The first-order valence-electron chi connectivity index (χ1n) is 18.8. The third-order valence-corrected chi connectivity index (χ3v) is 8.58. The zero-order chi connectivity index (χ0) is 32.6. The van der Waals surface area contributed by atoms with Crippen LogP contribution >= 0.6 is 0 Å². The van der Waals surface area contributed by atoms with Gasteiger partial charge in [0.05, 0.1) is 39.1 Å². The second-order valence-electron chi connectivity index (χ2n) is 12.8. The van der Waals surface area contributed by atoms with Gasteiger partial charge in [-0.2, -0.15) is 0 Å². The molecule has 268 valence electrons. The number of ether oxygens (including phenoxy) is 5. The Morgan fingerprint density at radius 3 is 1.98 bits per heavy atom. The molecule has 9 nitrogen and oxygen atoms in total. The van der Waals surface area contributed by atoms with Gasteiger partial charge in [-0.05, 0) is 59.0 Å². The molecule has 0 bridgehead atoms. The van der Waals surface area contributed by atoms with Crippen molar-refractivity contribution in [1.82, 2.24) is 15.1 Å². The average molecular weight is 644 g/mol. The van der Waals surface area contributed by atoms with E-state index >= 15 is 0 Å². The van der Waals surface area contributed by atoms with Gasteiger partial charge in [0.15, 0.2) is 0 Å². The number of likely N-dealkylation sites (N-methyl/N-ethyl adjacent to an activating group) is 1. The number of carbonyl (C=O) groups is 1. The molecule has 0 aromatic heterocycles. The van der Waals surface area contributed by atoms with Crippen LogP contribution in [0.5, 0.6) is 0 Å². The lowest BCUT2D eigenvalue weighted by Crippen LogP contribution is -2.49. The first-order chi connectivity index (χ1) is 22.1. The topological polar surface area (TPSA) is 81.7 Å². The molecule has 1 aliphatic rings. The lowest BCUT2D eigenvalue weighted by molar-refractivity contribution is -0.0238. The maximum atomic E-state index is 12.4. The van der Waals surface area contributed by atoms with E-state index in [0.717, 1.165) is 104 Å². The summed E-state index contributed by atoms with van der Waals surface area (Å²) in [6.45, 7) is 17.3. The van der Waals surface area contributed by atoms with E-state index < -0.39 is 6.16 Å². The van der Waals surface area contributed by atoms with Crippen molar-refractivity contribution in [2.24, 2.45) is 0 Å². The minimum Gasteiger partial charge on any atom is -0.434 e. The molecule has 1 aliphatic heterocycles. The fraction of sp³-hybridized carbons (Fsp3) is 0.972. The van der Waals surface area contributed by atoms with E-state index in [1.807, 2.05) is 6.92 Å². The number of piperazine rings is 1. The molecule has 0 spiro atoms. The zero-order valence-electron chi connectivity index (χ0n) is 30.0. The number of carbonyl (C=O) groups excluding carboxylic acids is 1. The van der Waals surface area contributed by atoms with Gasteiger partial charge in [-0.3, -0.25) is 4.90 Å². The first-order valence-corrected chi connectivity index (χ1v) is 18.8. The predicted octanol–water partition coefficient (Wildman–Crippen LogP) is 7.06. The summed E-state index contributed by atoms with van der Waals surface area (Å²) < 4.78 is 28.4. The number of rotatable bonds is 32. The van der Waals surface area contributed by atoms with E-state index in [0.29, 0.717) is 33.0 Å². The number of hydrogen-bond donors (Lipinski definition) is 1. The van der Waals surface area contributed by atoms with Gasteiger partial charge in [-0.15, -0.1) is 0 Å². The van der Waals surface area contributed by atoms with Crippen LogP contribution in [0.4, 0.5) is 4.79 Å². The van der Waals surface area contributed by atoms with E-state index in [1.165, 1.54) is 51.4 Å². The van der Waals surface area contributed by atoms with Crippen LogP contribution < -0.4 is 5.32 Å². The van der Waals surface area contributed by atoms with Gasteiger partial charge >= 0.3 is 6.16 Å². The summed E-state index contributed by atoms with van der Waals surface area (Å²) >= 11 is 0. The molecular weight excluding hydrogens is 570 g/mol. The Labute approximate surface area is 277 Å². The molecule has 0 aliphatic carbocycles. The number of nitrogens with zero attached hydrogens (tertiary/aromatic N) is 2. The Morgan fingerprint density at radius 1 is 0.667 bits per heavy atom.